The van der Waals surface area contributed by atoms with Crippen LogP contribution in [0, 0.1) is 11.6 Å². The molecule has 4 rings (SSSR count). The first-order valence-corrected chi connectivity index (χ1v) is 9.39. The molecule has 0 aliphatic carbocycles. The lowest BCUT2D eigenvalue weighted by Crippen LogP contribution is -2.21. The molecular weight excluding hydrogens is 372 g/mol. The highest BCUT2D eigenvalue weighted by molar-refractivity contribution is 7.13. The van der Waals surface area contributed by atoms with Crippen LogP contribution in [-0.4, -0.2) is 33.8 Å². The number of nitrogens with zero attached hydrogens (tertiary/aromatic N) is 4. The number of aromatic nitrogens is 3. The van der Waals surface area contributed by atoms with Crippen molar-refractivity contribution in [3.63, 3.8) is 0 Å². The Labute approximate surface area is 158 Å². The van der Waals surface area contributed by atoms with Crippen molar-refractivity contribution >= 4 is 28.6 Å². The minimum atomic E-state index is -0.679. The monoisotopic (exact) mass is 389 g/mol. The maximum absolute atomic E-state index is 14.4. The van der Waals surface area contributed by atoms with E-state index < -0.39 is 17.5 Å². The van der Waals surface area contributed by atoms with Crippen molar-refractivity contribution in [1.29, 1.82) is 0 Å². The number of carbonyl (C=O) groups excluding carboxylic acids is 1. The molecular formula is C18H17F2N5OS. The van der Waals surface area contributed by atoms with Gasteiger partial charge in [0.25, 0.3) is 5.91 Å². The highest BCUT2D eigenvalue weighted by Crippen LogP contribution is 2.30. The van der Waals surface area contributed by atoms with Crippen molar-refractivity contribution in [2.45, 2.75) is 12.8 Å². The lowest BCUT2D eigenvalue weighted by atomic mass is 10.2. The van der Waals surface area contributed by atoms with Gasteiger partial charge in [0.05, 0.1) is 6.20 Å². The van der Waals surface area contributed by atoms with Gasteiger partial charge in [0, 0.05) is 43.0 Å². The third kappa shape index (κ3) is 3.55. The maximum Gasteiger partial charge on any atom is 0.275 e. The highest BCUT2D eigenvalue weighted by Gasteiger charge is 2.22. The van der Waals surface area contributed by atoms with Crippen LogP contribution in [0.15, 0.2) is 29.9 Å². The average Bonchev–Trinajstić information content (AvgIpc) is 3.35. The summed E-state index contributed by atoms with van der Waals surface area (Å²) < 4.78 is 30.4. The minimum Gasteiger partial charge on any atom is -0.367 e. The zero-order valence-electron chi connectivity index (χ0n) is 14.6. The number of amides is 1. The molecule has 1 N–H and O–H groups in total. The van der Waals surface area contributed by atoms with Gasteiger partial charge in [-0.2, -0.15) is 5.10 Å². The molecule has 0 spiro atoms. The molecule has 27 heavy (non-hydrogen) atoms. The van der Waals surface area contributed by atoms with Crippen molar-refractivity contribution in [2.24, 2.45) is 7.05 Å². The van der Waals surface area contributed by atoms with Gasteiger partial charge in [-0.3, -0.25) is 9.48 Å². The molecule has 0 saturated carbocycles. The fourth-order valence-electron chi connectivity index (χ4n) is 3.12. The first-order valence-electron chi connectivity index (χ1n) is 8.51. The molecule has 1 saturated heterocycles. The molecule has 0 atom stereocenters. The van der Waals surface area contributed by atoms with Crippen LogP contribution in [0.5, 0.6) is 0 Å². The normalized spacial score (nSPS) is 14.0. The molecule has 9 heteroatoms. The van der Waals surface area contributed by atoms with Gasteiger partial charge in [0.2, 0.25) is 0 Å². The van der Waals surface area contributed by atoms with Crippen molar-refractivity contribution in [3.05, 3.63) is 47.2 Å². The predicted octanol–water partition coefficient (Wildman–Crippen LogP) is 3.67. The van der Waals surface area contributed by atoms with Crippen LogP contribution < -0.4 is 10.2 Å². The van der Waals surface area contributed by atoms with Crippen molar-refractivity contribution < 1.29 is 13.6 Å². The smallest absolute Gasteiger partial charge is 0.275 e. The van der Waals surface area contributed by atoms with E-state index in [1.54, 1.807) is 34.4 Å². The summed E-state index contributed by atoms with van der Waals surface area (Å²) in [6, 6.07) is 2.28. The van der Waals surface area contributed by atoms with Gasteiger partial charge in [-0.1, -0.05) is 0 Å². The Kier molecular flexibility index (Phi) is 4.61. The Morgan fingerprint density at radius 3 is 2.56 bits per heavy atom. The van der Waals surface area contributed by atoms with E-state index in [1.807, 2.05) is 0 Å². The number of hydrogen-bond donors (Lipinski definition) is 1. The van der Waals surface area contributed by atoms with E-state index in [0.29, 0.717) is 18.1 Å². The fraction of sp³-hybridized carbons (Fsp3) is 0.278. The second-order valence-electron chi connectivity index (χ2n) is 6.38. The zero-order valence-corrected chi connectivity index (χ0v) is 15.4. The number of aryl methyl sites for hydroxylation is 1. The molecule has 0 bridgehead atoms. The fourth-order valence-corrected chi connectivity index (χ4v) is 3.89. The summed E-state index contributed by atoms with van der Waals surface area (Å²) >= 11 is 1.30. The average molecular weight is 389 g/mol. The van der Waals surface area contributed by atoms with Crippen LogP contribution in [0.25, 0.3) is 10.6 Å². The van der Waals surface area contributed by atoms with E-state index >= 15 is 0 Å². The highest BCUT2D eigenvalue weighted by atomic mass is 32.1. The Morgan fingerprint density at radius 1 is 1.22 bits per heavy atom. The van der Waals surface area contributed by atoms with Gasteiger partial charge in [-0.15, -0.1) is 11.3 Å². The molecule has 1 aliphatic rings. The third-order valence-corrected chi connectivity index (χ3v) is 5.28. The largest absolute Gasteiger partial charge is 0.367 e. The second-order valence-corrected chi connectivity index (χ2v) is 7.24. The van der Waals surface area contributed by atoms with Gasteiger partial charge in [0.15, 0.2) is 11.6 Å². The van der Waals surface area contributed by atoms with Crippen molar-refractivity contribution in [1.82, 2.24) is 14.8 Å². The molecule has 3 aromatic rings. The van der Waals surface area contributed by atoms with E-state index in [0.717, 1.165) is 30.5 Å². The van der Waals surface area contributed by atoms with Gasteiger partial charge < -0.3 is 10.2 Å². The first-order chi connectivity index (χ1) is 13.0. The molecule has 140 valence electrons. The number of rotatable bonds is 4. The van der Waals surface area contributed by atoms with Crippen LogP contribution in [-0.2, 0) is 7.05 Å². The molecule has 3 heterocycles. The molecule has 1 fully saturated rings. The van der Waals surface area contributed by atoms with Gasteiger partial charge in [-0.05, 0) is 25.0 Å². The summed E-state index contributed by atoms with van der Waals surface area (Å²) in [5.74, 6) is -1.88. The molecule has 1 amide bonds. The third-order valence-electron chi connectivity index (χ3n) is 4.39. The van der Waals surface area contributed by atoms with Gasteiger partial charge in [0.1, 0.15) is 16.4 Å². The van der Waals surface area contributed by atoms with Crippen LogP contribution in [0.2, 0.25) is 0 Å². The molecule has 1 aromatic carbocycles. The number of thiazole rings is 1. The quantitative estimate of drug-likeness (QED) is 0.740. The maximum atomic E-state index is 14.4. The van der Waals surface area contributed by atoms with E-state index in [2.05, 4.69) is 15.4 Å². The van der Waals surface area contributed by atoms with Gasteiger partial charge >= 0.3 is 0 Å². The standard InChI is InChI=1S/C18H17F2N5OS/c1-24-9-11(8-21-24)18-23-15(10-27-18)17(26)22-12-6-13(19)16(14(20)7-12)25-4-2-3-5-25/h6-10H,2-5H2,1H3,(H,22,26). The summed E-state index contributed by atoms with van der Waals surface area (Å²) in [6.07, 6.45) is 5.28. The summed E-state index contributed by atoms with van der Waals surface area (Å²) in [6.45, 7) is 1.27. The molecule has 2 aromatic heterocycles. The van der Waals surface area contributed by atoms with Crippen LogP contribution in [0.4, 0.5) is 20.2 Å². The topological polar surface area (TPSA) is 63.1 Å². The summed E-state index contributed by atoms with van der Waals surface area (Å²) in [4.78, 5) is 18.3. The Balaban J connectivity index is 1.52. The zero-order chi connectivity index (χ0) is 19.0. The van der Waals surface area contributed by atoms with E-state index in [9.17, 15) is 13.6 Å². The minimum absolute atomic E-state index is 0.0296. The SMILES string of the molecule is Cn1cc(-c2nc(C(=O)Nc3cc(F)c(N4CCCC4)c(F)c3)cs2)cn1. The summed E-state index contributed by atoms with van der Waals surface area (Å²) in [5, 5.41) is 8.83. The van der Waals surface area contributed by atoms with Crippen LogP contribution in [0.3, 0.4) is 0 Å². The lowest BCUT2D eigenvalue weighted by Gasteiger charge is -2.19. The number of halogens is 2. The molecule has 6 nitrogen and oxygen atoms in total. The van der Waals surface area contributed by atoms with Gasteiger partial charge in [-0.25, -0.2) is 13.8 Å². The number of carbonyl (C=O) groups is 1. The predicted molar refractivity (Wildman–Crippen MR) is 100 cm³/mol. The van der Waals surface area contributed by atoms with Crippen molar-refractivity contribution in [2.75, 3.05) is 23.3 Å². The molecule has 0 unspecified atom stereocenters. The number of anilines is 2. The Hall–Kier alpha value is -2.81. The second kappa shape index (κ2) is 7.07. The van der Waals surface area contributed by atoms with Crippen molar-refractivity contribution in [3.8, 4) is 10.6 Å². The number of hydrogen-bond acceptors (Lipinski definition) is 5. The molecule has 1 aliphatic heterocycles. The number of benzene rings is 1. The summed E-state index contributed by atoms with van der Waals surface area (Å²) in [7, 11) is 1.79. The Bertz CT molecular complexity index is 970. The van der Waals surface area contributed by atoms with Crippen LogP contribution in [0.1, 0.15) is 23.3 Å². The van der Waals surface area contributed by atoms with E-state index in [-0.39, 0.29) is 17.1 Å². The van der Waals surface area contributed by atoms with E-state index in [1.165, 1.54) is 11.3 Å². The Morgan fingerprint density at radius 2 is 1.93 bits per heavy atom. The molecule has 0 radical (unpaired) electrons. The number of nitrogens with one attached hydrogen (secondary N) is 1. The first kappa shape index (κ1) is 17.6. The summed E-state index contributed by atoms with van der Waals surface area (Å²) in [5.41, 5.74) is 1.02. The van der Waals surface area contributed by atoms with Crippen LogP contribution >= 0.6 is 11.3 Å². The lowest BCUT2D eigenvalue weighted by molar-refractivity contribution is 0.102. The van der Waals surface area contributed by atoms with E-state index in [4.69, 9.17) is 0 Å².